The van der Waals surface area contributed by atoms with Crippen molar-refractivity contribution in [3.63, 3.8) is 0 Å². The molecule has 22 heavy (non-hydrogen) atoms. The van der Waals surface area contributed by atoms with E-state index in [4.69, 9.17) is 0 Å². The van der Waals surface area contributed by atoms with Crippen LogP contribution in [0.15, 0.2) is 47.5 Å². The maximum absolute atomic E-state index is 4.54. The van der Waals surface area contributed by atoms with Gasteiger partial charge in [-0.25, -0.2) is 14.5 Å². The predicted octanol–water partition coefficient (Wildman–Crippen LogP) is 2.21. The standard InChI is InChI=1S/C15H15BrN6/c16-12-2-1-4-17-14(12)20-8-10-21(11-9-20)15-13-3-5-19-22(13)7-6-18-15/h1-7H,8-11H2. The molecule has 0 amide bonds. The molecular weight excluding hydrogens is 344 g/mol. The van der Waals surface area contributed by atoms with E-state index in [0.29, 0.717) is 0 Å². The fraction of sp³-hybridized carbons (Fsp3) is 0.267. The molecule has 3 aromatic heterocycles. The van der Waals surface area contributed by atoms with Gasteiger partial charge >= 0.3 is 0 Å². The molecule has 4 heterocycles. The summed E-state index contributed by atoms with van der Waals surface area (Å²) in [5, 5.41) is 4.27. The van der Waals surface area contributed by atoms with Crippen molar-refractivity contribution in [1.29, 1.82) is 0 Å². The molecule has 6 nitrogen and oxygen atoms in total. The van der Waals surface area contributed by atoms with Crippen LogP contribution < -0.4 is 9.80 Å². The summed E-state index contributed by atoms with van der Waals surface area (Å²) < 4.78 is 2.91. The van der Waals surface area contributed by atoms with Crippen LogP contribution in [0.2, 0.25) is 0 Å². The van der Waals surface area contributed by atoms with Crippen molar-refractivity contribution in [2.45, 2.75) is 0 Å². The van der Waals surface area contributed by atoms with Gasteiger partial charge in [-0.15, -0.1) is 0 Å². The summed E-state index contributed by atoms with van der Waals surface area (Å²) in [6.45, 7) is 3.68. The lowest BCUT2D eigenvalue weighted by Gasteiger charge is -2.36. The normalized spacial score (nSPS) is 15.5. The zero-order chi connectivity index (χ0) is 14.9. The second-order valence-corrected chi connectivity index (χ2v) is 6.05. The molecule has 4 rings (SSSR count). The van der Waals surface area contributed by atoms with Crippen LogP contribution in [0.25, 0.3) is 5.52 Å². The van der Waals surface area contributed by atoms with E-state index in [1.165, 1.54) is 0 Å². The van der Waals surface area contributed by atoms with Crippen molar-refractivity contribution in [2.75, 3.05) is 36.0 Å². The van der Waals surface area contributed by atoms with Gasteiger partial charge in [0.25, 0.3) is 0 Å². The molecule has 0 bridgehead atoms. The van der Waals surface area contributed by atoms with E-state index in [1.807, 2.05) is 41.3 Å². The van der Waals surface area contributed by atoms with Gasteiger partial charge in [-0.3, -0.25) is 0 Å². The molecule has 0 N–H and O–H groups in total. The molecule has 0 unspecified atom stereocenters. The van der Waals surface area contributed by atoms with Crippen molar-refractivity contribution >= 4 is 33.1 Å². The minimum Gasteiger partial charge on any atom is -0.352 e. The average Bonchev–Trinajstić information content (AvgIpc) is 3.04. The number of nitrogens with zero attached hydrogens (tertiary/aromatic N) is 6. The van der Waals surface area contributed by atoms with Crippen LogP contribution in [0.4, 0.5) is 11.6 Å². The van der Waals surface area contributed by atoms with Crippen molar-refractivity contribution in [2.24, 2.45) is 0 Å². The highest BCUT2D eigenvalue weighted by atomic mass is 79.9. The van der Waals surface area contributed by atoms with Crippen molar-refractivity contribution in [3.8, 4) is 0 Å². The largest absolute Gasteiger partial charge is 0.352 e. The van der Waals surface area contributed by atoms with Gasteiger partial charge in [0.05, 0.1) is 10.7 Å². The Hall–Kier alpha value is -2.15. The van der Waals surface area contributed by atoms with Gasteiger partial charge in [-0.2, -0.15) is 5.10 Å². The van der Waals surface area contributed by atoms with Crippen LogP contribution >= 0.6 is 15.9 Å². The molecule has 0 aromatic carbocycles. The monoisotopic (exact) mass is 358 g/mol. The summed E-state index contributed by atoms with van der Waals surface area (Å²) in [6.07, 6.45) is 7.32. The molecule has 1 saturated heterocycles. The molecule has 0 aliphatic carbocycles. The molecule has 3 aromatic rings. The zero-order valence-electron chi connectivity index (χ0n) is 11.9. The fourth-order valence-corrected chi connectivity index (χ4v) is 3.33. The van der Waals surface area contributed by atoms with Crippen LogP contribution in [0, 0.1) is 0 Å². The second-order valence-electron chi connectivity index (χ2n) is 5.19. The molecule has 1 aliphatic rings. The van der Waals surface area contributed by atoms with Gasteiger partial charge < -0.3 is 9.80 Å². The Bertz CT molecular complexity index is 793. The number of hydrogen-bond acceptors (Lipinski definition) is 5. The van der Waals surface area contributed by atoms with Gasteiger partial charge in [0, 0.05) is 44.8 Å². The average molecular weight is 359 g/mol. The van der Waals surface area contributed by atoms with Crippen LogP contribution in [0.5, 0.6) is 0 Å². The zero-order valence-corrected chi connectivity index (χ0v) is 13.5. The summed E-state index contributed by atoms with van der Waals surface area (Å²) in [5.74, 6) is 2.01. The minimum atomic E-state index is 0.918. The number of fused-ring (bicyclic) bond motifs is 1. The lowest BCUT2D eigenvalue weighted by molar-refractivity contribution is 0.641. The first-order chi connectivity index (χ1) is 10.8. The van der Waals surface area contributed by atoms with Crippen LogP contribution in [-0.4, -0.2) is 45.8 Å². The first kappa shape index (κ1) is 13.5. The Morgan fingerprint density at radius 1 is 0.864 bits per heavy atom. The van der Waals surface area contributed by atoms with Gasteiger partial charge in [-0.1, -0.05) is 0 Å². The number of aromatic nitrogens is 4. The molecule has 0 saturated carbocycles. The van der Waals surface area contributed by atoms with Gasteiger partial charge in [0.2, 0.25) is 0 Å². The third-order valence-electron chi connectivity index (χ3n) is 3.92. The van der Waals surface area contributed by atoms with Crippen LogP contribution in [0.3, 0.4) is 0 Å². The molecule has 1 aliphatic heterocycles. The first-order valence-electron chi connectivity index (χ1n) is 7.22. The molecule has 1 fully saturated rings. The molecular formula is C15H15BrN6. The quantitative estimate of drug-likeness (QED) is 0.702. The number of hydrogen-bond donors (Lipinski definition) is 0. The molecule has 0 atom stereocenters. The lowest BCUT2D eigenvalue weighted by atomic mass is 10.3. The van der Waals surface area contributed by atoms with E-state index >= 15 is 0 Å². The van der Waals surface area contributed by atoms with Crippen molar-refractivity contribution in [3.05, 3.63) is 47.5 Å². The third kappa shape index (κ3) is 2.31. The SMILES string of the molecule is Brc1cccnc1N1CCN(c2nccn3nccc23)CC1. The Kier molecular flexibility index (Phi) is 3.42. The molecule has 0 radical (unpaired) electrons. The molecule has 0 spiro atoms. The second kappa shape index (κ2) is 5.57. The van der Waals surface area contributed by atoms with E-state index in [0.717, 1.165) is 47.8 Å². The van der Waals surface area contributed by atoms with Crippen LogP contribution in [0.1, 0.15) is 0 Å². The first-order valence-corrected chi connectivity index (χ1v) is 8.01. The van der Waals surface area contributed by atoms with Crippen molar-refractivity contribution < 1.29 is 0 Å². The molecule has 112 valence electrons. The molecule has 7 heteroatoms. The predicted molar refractivity (Wildman–Crippen MR) is 89.4 cm³/mol. The summed E-state index contributed by atoms with van der Waals surface area (Å²) >= 11 is 3.58. The topological polar surface area (TPSA) is 49.6 Å². The Morgan fingerprint density at radius 3 is 2.36 bits per heavy atom. The van der Waals surface area contributed by atoms with Gasteiger partial charge in [-0.05, 0) is 34.1 Å². The maximum Gasteiger partial charge on any atom is 0.154 e. The number of halogens is 1. The third-order valence-corrected chi connectivity index (χ3v) is 4.54. The number of rotatable bonds is 2. The van der Waals surface area contributed by atoms with Gasteiger partial charge in [0.1, 0.15) is 11.3 Å². The van der Waals surface area contributed by atoms with Crippen LogP contribution in [-0.2, 0) is 0 Å². The minimum absolute atomic E-state index is 0.918. The summed E-state index contributed by atoms with van der Waals surface area (Å²) in [5.41, 5.74) is 1.05. The van der Waals surface area contributed by atoms with E-state index in [1.54, 1.807) is 6.20 Å². The Morgan fingerprint density at radius 2 is 1.59 bits per heavy atom. The highest BCUT2D eigenvalue weighted by Crippen LogP contribution is 2.26. The van der Waals surface area contributed by atoms with E-state index < -0.39 is 0 Å². The maximum atomic E-state index is 4.54. The highest BCUT2D eigenvalue weighted by Gasteiger charge is 2.21. The van der Waals surface area contributed by atoms with E-state index in [-0.39, 0.29) is 0 Å². The van der Waals surface area contributed by atoms with Gasteiger partial charge in [0.15, 0.2) is 5.82 Å². The number of piperazine rings is 1. The lowest BCUT2D eigenvalue weighted by Crippen LogP contribution is -2.47. The van der Waals surface area contributed by atoms with E-state index in [2.05, 4.69) is 40.8 Å². The summed E-state index contributed by atoms with van der Waals surface area (Å²) in [4.78, 5) is 13.6. The number of pyridine rings is 1. The summed E-state index contributed by atoms with van der Waals surface area (Å²) in [7, 11) is 0. The summed E-state index contributed by atoms with van der Waals surface area (Å²) in [6, 6.07) is 5.97. The van der Waals surface area contributed by atoms with E-state index in [9.17, 15) is 0 Å². The Labute approximate surface area is 136 Å². The number of anilines is 2. The smallest absolute Gasteiger partial charge is 0.154 e. The fourth-order valence-electron chi connectivity index (χ4n) is 2.83. The Balaban J connectivity index is 1.55. The highest BCUT2D eigenvalue weighted by molar-refractivity contribution is 9.10. The van der Waals surface area contributed by atoms with Crippen molar-refractivity contribution in [1.82, 2.24) is 19.6 Å².